The Morgan fingerprint density at radius 3 is 2.57 bits per heavy atom. The molecule has 35 heavy (non-hydrogen) atoms. The van der Waals surface area contributed by atoms with E-state index in [0.29, 0.717) is 12.1 Å². The second-order valence-corrected chi connectivity index (χ2v) is 9.12. The molecule has 0 spiro atoms. The largest absolute Gasteiger partial charge is 0.378 e. The number of aromatic nitrogens is 2. The minimum Gasteiger partial charge on any atom is -0.378 e. The number of likely N-dealkylation sites (tertiary alicyclic amines) is 1. The van der Waals surface area contributed by atoms with Crippen LogP contribution in [0.4, 0.5) is 16.2 Å². The van der Waals surface area contributed by atoms with Crippen molar-refractivity contribution in [1.29, 1.82) is 5.26 Å². The van der Waals surface area contributed by atoms with Gasteiger partial charge < -0.3 is 19.5 Å². The normalized spacial score (nSPS) is 15.6. The van der Waals surface area contributed by atoms with Gasteiger partial charge in [-0.2, -0.15) is 5.26 Å². The first-order valence-electron chi connectivity index (χ1n) is 11.8. The van der Waals surface area contributed by atoms with Gasteiger partial charge in [0.25, 0.3) is 0 Å². The first-order valence-corrected chi connectivity index (χ1v) is 11.8. The van der Waals surface area contributed by atoms with Crippen molar-refractivity contribution in [2.45, 2.75) is 18.8 Å². The lowest BCUT2D eigenvalue weighted by molar-refractivity contribution is 0.191. The van der Waals surface area contributed by atoms with Crippen molar-refractivity contribution in [2.75, 3.05) is 37.4 Å². The highest BCUT2D eigenvalue weighted by atomic mass is 16.2. The van der Waals surface area contributed by atoms with Crippen LogP contribution in [0.5, 0.6) is 0 Å². The van der Waals surface area contributed by atoms with E-state index in [2.05, 4.69) is 21.9 Å². The summed E-state index contributed by atoms with van der Waals surface area (Å²) in [7, 11) is 3.99. The van der Waals surface area contributed by atoms with Gasteiger partial charge >= 0.3 is 6.03 Å². The molecule has 7 heteroatoms. The molecule has 0 radical (unpaired) electrons. The summed E-state index contributed by atoms with van der Waals surface area (Å²) < 4.78 is 2.14. The lowest BCUT2D eigenvalue weighted by Gasteiger charge is -2.32. The predicted molar refractivity (Wildman–Crippen MR) is 139 cm³/mol. The Bertz CT molecular complexity index is 1380. The van der Waals surface area contributed by atoms with Gasteiger partial charge in [-0.05, 0) is 61.4 Å². The molecule has 2 aromatic heterocycles. The van der Waals surface area contributed by atoms with Gasteiger partial charge in [-0.15, -0.1) is 0 Å². The third kappa shape index (κ3) is 4.56. The second-order valence-electron chi connectivity index (χ2n) is 9.12. The number of pyridine rings is 1. The molecule has 1 N–H and O–H groups in total. The summed E-state index contributed by atoms with van der Waals surface area (Å²) in [6.07, 6.45) is 3.93. The maximum Gasteiger partial charge on any atom is 0.321 e. The standard InChI is InChI=1S/C28H28N6O/c1-32(2)24-14-12-23(13-15-24)30-28(35)33-16-5-6-22(19-33)27-31-26(25-7-3-4-17-34(25)27)21-10-8-20(18-29)9-11-21/h3-4,7-15,17,22H,5-6,16,19H2,1-2H3,(H,30,35)/t22-/m1/s1. The predicted octanol–water partition coefficient (Wildman–Crippen LogP) is 5.35. The first kappa shape index (κ1) is 22.5. The molecule has 1 aliphatic heterocycles. The van der Waals surface area contributed by atoms with E-state index >= 15 is 0 Å². The van der Waals surface area contributed by atoms with Crippen LogP contribution in [0.1, 0.15) is 30.1 Å². The van der Waals surface area contributed by atoms with E-state index in [1.165, 1.54) is 0 Å². The molecule has 3 heterocycles. The number of rotatable bonds is 4. The van der Waals surface area contributed by atoms with Crippen LogP contribution in [0, 0.1) is 11.3 Å². The lowest BCUT2D eigenvalue weighted by Crippen LogP contribution is -2.42. The van der Waals surface area contributed by atoms with Gasteiger partial charge in [0.1, 0.15) is 5.82 Å². The van der Waals surface area contributed by atoms with E-state index in [1.54, 1.807) is 0 Å². The average molecular weight is 465 g/mol. The Hall–Kier alpha value is -4.31. The third-order valence-corrected chi connectivity index (χ3v) is 6.57. The topological polar surface area (TPSA) is 76.7 Å². The number of nitriles is 1. The zero-order valence-corrected chi connectivity index (χ0v) is 20.0. The maximum atomic E-state index is 13.1. The summed E-state index contributed by atoms with van der Waals surface area (Å²) in [4.78, 5) is 22.0. The molecule has 2 aromatic carbocycles. The van der Waals surface area contributed by atoms with Gasteiger partial charge in [0.05, 0.1) is 22.8 Å². The average Bonchev–Trinajstić information content (AvgIpc) is 3.29. The number of urea groups is 1. The van der Waals surface area contributed by atoms with E-state index in [4.69, 9.17) is 10.2 Å². The molecular weight excluding hydrogens is 436 g/mol. The van der Waals surface area contributed by atoms with Crippen LogP contribution in [-0.4, -0.2) is 47.5 Å². The molecule has 176 valence electrons. The summed E-state index contributed by atoms with van der Waals surface area (Å²) in [6, 6.07) is 23.5. The molecule has 4 aromatic rings. The third-order valence-electron chi connectivity index (χ3n) is 6.57. The monoisotopic (exact) mass is 464 g/mol. The molecule has 0 unspecified atom stereocenters. The smallest absolute Gasteiger partial charge is 0.321 e. The van der Waals surface area contributed by atoms with Crippen LogP contribution in [0.15, 0.2) is 72.9 Å². The fourth-order valence-electron chi connectivity index (χ4n) is 4.68. The molecule has 2 amide bonds. The summed E-state index contributed by atoms with van der Waals surface area (Å²) in [5.74, 6) is 1.10. The number of nitrogens with zero attached hydrogens (tertiary/aromatic N) is 5. The van der Waals surface area contributed by atoms with E-state index in [9.17, 15) is 4.79 Å². The summed E-state index contributed by atoms with van der Waals surface area (Å²) in [6.45, 7) is 1.34. The van der Waals surface area contributed by atoms with Crippen LogP contribution in [0.25, 0.3) is 16.8 Å². The van der Waals surface area contributed by atoms with Crippen molar-refractivity contribution in [3.8, 4) is 17.3 Å². The summed E-state index contributed by atoms with van der Waals surface area (Å²) in [5.41, 5.74) is 5.40. The van der Waals surface area contributed by atoms with Crippen molar-refractivity contribution in [3.05, 3.63) is 84.3 Å². The van der Waals surface area contributed by atoms with Crippen LogP contribution in [0.2, 0.25) is 0 Å². The number of carbonyl (C=O) groups excluding carboxylic acids is 1. The van der Waals surface area contributed by atoms with Gasteiger partial charge in [-0.3, -0.25) is 0 Å². The van der Waals surface area contributed by atoms with Crippen molar-refractivity contribution in [3.63, 3.8) is 0 Å². The molecule has 5 rings (SSSR count). The number of anilines is 2. The Balaban J connectivity index is 1.38. The van der Waals surface area contributed by atoms with Gasteiger partial charge in [-0.25, -0.2) is 9.78 Å². The molecule has 7 nitrogen and oxygen atoms in total. The maximum absolute atomic E-state index is 13.1. The quantitative estimate of drug-likeness (QED) is 0.442. The van der Waals surface area contributed by atoms with Gasteiger partial charge in [0.2, 0.25) is 0 Å². The molecular formula is C28H28N6O. The number of fused-ring (bicyclic) bond motifs is 1. The Kier molecular flexibility index (Phi) is 6.11. The number of hydrogen-bond acceptors (Lipinski definition) is 4. The van der Waals surface area contributed by atoms with Crippen molar-refractivity contribution >= 4 is 22.9 Å². The van der Waals surface area contributed by atoms with Crippen LogP contribution in [0.3, 0.4) is 0 Å². The van der Waals surface area contributed by atoms with E-state index in [1.807, 2.05) is 90.8 Å². The number of amides is 2. The van der Waals surface area contributed by atoms with E-state index in [0.717, 1.165) is 53.4 Å². The van der Waals surface area contributed by atoms with Gasteiger partial charge in [-0.1, -0.05) is 18.2 Å². The highest BCUT2D eigenvalue weighted by molar-refractivity contribution is 5.89. The molecule has 1 aliphatic rings. The van der Waals surface area contributed by atoms with Crippen LogP contribution >= 0.6 is 0 Å². The number of piperidine rings is 1. The molecule has 1 atom stereocenters. The Labute approximate surface area is 205 Å². The van der Waals surface area contributed by atoms with Crippen molar-refractivity contribution < 1.29 is 4.79 Å². The van der Waals surface area contributed by atoms with Gasteiger partial charge in [0.15, 0.2) is 0 Å². The van der Waals surface area contributed by atoms with E-state index < -0.39 is 0 Å². The zero-order chi connectivity index (χ0) is 24.4. The summed E-state index contributed by atoms with van der Waals surface area (Å²) in [5, 5.41) is 12.2. The highest BCUT2D eigenvalue weighted by Crippen LogP contribution is 2.32. The lowest BCUT2D eigenvalue weighted by atomic mass is 9.97. The minimum atomic E-state index is -0.0829. The summed E-state index contributed by atoms with van der Waals surface area (Å²) >= 11 is 0. The SMILES string of the molecule is CN(C)c1ccc(NC(=O)N2CCC[C@@H](c3nc(-c4ccc(C#N)cc4)c4ccccn34)C2)cc1. The van der Waals surface area contributed by atoms with Crippen LogP contribution in [-0.2, 0) is 0 Å². The molecule has 1 fully saturated rings. The number of benzene rings is 2. The fraction of sp³-hybridized carbons (Fsp3) is 0.250. The minimum absolute atomic E-state index is 0.0829. The highest BCUT2D eigenvalue weighted by Gasteiger charge is 2.28. The number of nitrogens with one attached hydrogen (secondary N) is 1. The van der Waals surface area contributed by atoms with Gasteiger partial charge in [0, 0.05) is 56.2 Å². The molecule has 0 aliphatic carbocycles. The van der Waals surface area contributed by atoms with Crippen molar-refractivity contribution in [2.24, 2.45) is 0 Å². The number of carbonyl (C=O) groups is 1. The fourth-order valence-corrected chi connectivity index (χ4v) is 4.68. The molecule has 0 bridgehead atoms. The van der Waals surface area contributed by atoms with Crippen molar-refractivity contribution in [1.82, 2.24) is 14.3 Å². The second kappa shape index (κ2) is 9.51. The zero-order valence-electron chi connectivity index (χ0n) is 20.0. The number of imidazole rings is 1. The molecule has 0 saturated carbocycles. The first-order chi connectivity index (χ1) is 17.0. The Morgan fingerprint density at radius 2 is 1.86 bits per heavy atom. The van der Waals surface area contributed by atoms with Crippen LogP contribution < -0.4 is 10.2 Å². The Morgan fingerprint density at radius 1 is 1.09 bits per heavy atom. The molecule has 1 saturated heterocycles. The van der Waals surface area contributed by atoms with E-state index in [-0.39, 0.29) is 11.9 Å². The number of hydrogen-bond donors (Lipinski definition) is 1.